The van der Waals surface area contributed by atoms with E-state index in [1.807, 2.05) is 6.07 Å². The van der Waals surface area contributed by atoms with Gasteiger partial charge in [0, 0.05) is 0 Å². The van der Waals surface area contributed by atoms with Gasteiger partial charge in [-0.1, -0.05) is 25.3 Å². The van der Waals surface area contributed by atoms with Crippen molar-refractivity contribution < 1.29 is 23.8 Å². The number of nitrogens with zero attached hydrogens (tertiary/aromatic N) is 2. The molecule has 1 fully saturated rings. The Labute approximate surface area is 198 Å². The maximum Gasteiger partial charge on any atom is 0.272 e. The molecule has 4 rings (SSSR count). The minimum atomic E-state index is -0.374. The summed E-state index contributed by atoms with van der Waals surface area (Å²) in [7, 11) is 3.11. The van der Waals surface area contributed by atoms with Crippen LogP contribution in [0.15, 0.2) is 48.5 Å². The number of nitrogens with one attached hydrogen (secondary N) is 1. The average Bonchev–Trinajstić information content (AvgIpc) is 3.32. The van der Waals surface area contributed by atoms with Crippen LogP contribution in [0.3, 0.4) is 0 Å². The zero-order valence-corrected chi connectivity index (χ0v) is 19.5. The summed E-state index contributed by atoms with van der Waals surface area (Å²) in [5, 5.41) is 17.5. The van der Waals surface area contributed by atoms with E-state index in [4.69, 9.17) is 9.47 Å². The van der Waals surface area contributed by atoms with E-state index in [9.17, 15) is 14.3 Å². The summed E-state index contributed by atoms with van der Waals surface area (Å²) in [6.07, 6.45) is 5.37. The fraction of sp³-hybridized carbons (Fsp3) is 0.385. The first-order chi connectivity index (χ1) is 16.5. The average molecular weight is 468 g/mol. The van der Waals surface area contributed by atoms with Crippen LogP contribution in [-0.2, 0) is 0 Å². The number of carbonyl (C=O) groups is 1. The van der Waals surface area contributed by atoms with Gasteiger partial charge in [-0.2, -0.15) is 5.10 Å². The number of aliphatic hydroxyl groups excluding tert-OH is 1. The number of benzene rings is 2. The lowest BCUT2D eigenvalue weighted by molar-refractivity contribution is 0.0865. The molecule has 3 aromatic rings. The number of aromatic nitrogens is 2. The molecule has 8 heteroatoms. The summed E-state index contributed by atoms with van der Waals surface area (Å²) in [4.78, 5) is 13.2. The standard InChI is InChI=1S/C26H30FN3O4/c1-33-23-9-6-10-24(34-2)25(23)22-15-20(29-30(22)19-13-11-18(27)12-14-19)26(32)28-21(16-31)17-7-4-3-5-8-17/h6,9-15,17,21,31H,3-5,7-8,16H2,1-2H3,(H,28,32). The molecule has 0 aliphatic heterocycles. The van der Waals surface area contributed by atoms with Crippen molar-refractivity contribution >= 4 is 5.91 Å². The van der Waals surface area contributed by atoms with Crippen molar-refractivity contribution in [3.05, 3.63) is 60.0 Å². The van der Waals surface area contributed by atoms with Crippen LogP contribution in [-0.4, -0.2) is 47.7 Å². The summed E-state index contributed by atoms with van der Waals surface area (Å²) in [5.74, 6) is 0.592. The van der Waals surface area contributed by atoms with Gasteiger partial charge < -0.3 is 19.9 Å². The zero-order chi connectivity index (χ0) is 24.1. The molecular weight excluding hydrogens is 437 g/mol. The molecule has 1 aliphatic carbocycles. The molecule has 1 aromatic heterocycles. The number of hydrogen-bond donors (Lipinski definition) is 2. The SMILES string of the molecule is COc1cccc(OC)c1-c1cc(C(=O)NC(CO)C2CCCCC2)nn1-c1ccc(F)cc1. The van der Waals surface area contributed by atoms with E-state index in [2.05, 4.69) is 10.4 Å². The van der Waals surface area contributed by atoms with Crippen LogP contribution in [0.1, 0.15) is 42.6 Å². The van der Waals surface area contributed by atoms with Gasteiger partial charge in [-0.05, 0) is 61.2 Å². The van der Waals surface area contributed by atoms with Gasteiger partial charge in [0.25, 0.3) is 5.91 Å². The molecule has 0 saturated heterocycles. The zero-order valence-electron chi connectivity index (χ0n) is 19.5. The second-order valence-electron chi connectivity index (χ2n) is 8.50. The van der Waals surface area contributed by atoms with E-state index in [0.717, 1.165) is 25.7 Å². The molecule has 2 aromatic carbocycles. The molecule has 0 bridgehead atoms. The third kappa shape index (κ3) is 4.92. The molecule has 34 heavy (non-hydrogen) atoms. The fourth-order valence-corrected chi connectivity index (χ4v) is 4.64. The first-order valence-electron chi connectivity index (χ1n) is 11.5. The quantitative estimate of drug-likeness (QED) is 0.514. The van der Waals surface area contributed by atoms with E-state index in [1.165, 1.54) is 18.6 Å². The molecule has 1 saturated carbocycles. The Hall–Kier alpha value is -3.39. The van der Waals surface area contributed by atoms with E-state index in [1.54, 1.807) is 49.2 Å². The Morgan fingerprint density at radius 2 is 1.76 bits per heavy atom. The Kier molecular flexibility index (Phi) is 7.47. The molecule has 2 N–H and O–H groups in total. The molecule has 0 spiro atoms. The Morgan fingerprint density at radius 3 is 2.35 bits per heavy atom. The summed E-state index contributed by atoms with van der Waals surface area (Å²) in [6.45, 7) is -0.123. The number of carbonyl (C=O) groups excluding carboxylic acids is 1. The predicted octanol–water partition coefficient (Wildman–Crippen LogP) is 4.37. The van der Waals surface area contributed by atoms with Crippen LogP contribution in [0.4, 0.5) is 4.39 Å². The number of methoxy groups -OCH3 is 2. The molecule has 0 radical (unpaired) electrons. The molecule has 1 aliphatic rings. The number of halogens is 1. The first-order valence-corrected chi connectivity index (χ1v) is 11.5. The van der Waals surface area contributed by atoms with Gasteiger partial charge in [-0.15, -0.1) is 0 Å². The van der Waals surface area contributed by atoms with Crippen molar-refractivity contribution in [2.75, 3.05) is 20.8 Å². The van der Waals surface area contributed by atoms with Crippen molar-refractivity contribution in [1.82, 2.24) is 15.1 Å². The highest BCUT2D eigenvalue weighted by atomic mass is 19.1. The van der Waals surface area contributed by atoms with Crippen LogP contribution in [0.25, 0.3) is 16.9 Å². The maximum absolute atomic E-state index is 13.6. The van der Waals surface area contributed by atoms with Gasteiger partial charge in [0.15, 0.2) is 5.69 Å². The van der Waals surface area contributed by atoms with Gasteiger partial charge in [-0.25, -0.2) is 9.07 Å². The summed E-state index contributed by atoms with van der Waals surface area (Å²) >= 11 is 0. The van der Waals surface area contributed by atoms with Gasteiger partial charge >= 0.3 is 0 Å². The highest BCUT2D eigenvalue weighted by Gasteiger charge is 2.27. The summed E-state index contributed by atoms with van der Waals surface area (Å²) in [5.41, 5.74) is 1.94. The second-order valence-corrected chi connectivity index (χ2v) is 8.50. The lowest BCUT2D eigenvalue weighted by Gasteiger charge is -2.29. The third-order valence-electron chi connectivity index (χ3n) is 6.43. The van der Waals surface area contributed by atoms with E-state index in [-0.39, 0.29) is 36.0 Å². The first kappa shape index (κ1) is 23.8. The van der Waals surface area contributed by atoms with Crippen molar-refractivity contribution in [3.63, 3.8) is 0 Å². The topological polar surface area (TPSA) is 85.6 Å². The van der Waals surface area contributed by atoms with Gasteiger partial charge in [0.1, 0.15) is 17.3 Å². The van der Waals surface area contributed by atoms with Gasteiger partial charge in [-0.3, -0.25) is 4.79 Å². The van der Waals surface area contributed by atoms with Crippen LogP contribution >= 0.6 is 0 Å². The van der Waals surface area contributed by atoms with E-state index < -0.39 is 0 Å². The highest BCUT2D eigenvalue weighted by molar-refractivity contribution is 5.94. The molecule has 1 amide bonds. The predicted molar refractivity (Wildman–Crippen MR) is 127 cm³/mol. The van der Waals surface area contributed by atoms with Crippen LogP contribution in [0.5, 0.6) is 11.5 Å². The van der Waals surface area contributed by atoms with Crippen molar-refractivity contribution in [2.45, 2.75) is 38.1 Å². The van der Waals surface area contributed by atoms with Crippen LogP contribution in [0.2, 0.25) is 0 Å². The second kappa shape index (κ2) is 10.7. The van der Waals surface area contributed by atoms with Crippen molar-refractivity contribution in [3.8, 4) is 28.4 Å². The summed E-state index contributed by atoms with van der Waals surface area (Å²) in [6, 6.07) is 12.6. The Morgan fingerprint density at radius 1 is 1.12 bits per heavy atom. The normalized spacial score (nSPS) is 15.1. The molecular formula is C26H30FN3O4. The third-order valence-corrected chi connectivity index (χ3v) is 6.43. The number of hydrogen-bond acceptors (Lipinski definition) is 5. The van der Waals surface area contributed by atoms with Gasteiger partial charge in [0.2, 0.25) is 0 Å². The number of amides is 1. The largest absolute Gasteiger partial charge is 0.496 e. The van der Waals surface area contributed by atoms with Crippen LogP contribution in [0, 0.1) is 11.7 Å². The molecule has 1 atom stereocenters. The number of ether oxygens (including phenoxy) is 2. The van der Waals surface area contributed by atoms with Crippen LogP contribution < -0.4 is 14.8 Å². The van der Waals surface area contributed by atoms with E-state index >= 15 is 0 Å². The molecule has 7 nitrogen and oxygen atoms in total. The Bertz CT molecular complexity index is 1100. The fourth-order valence-electron chi connectivity index (χ4n) is 4.64. The maximum atomic E-state index is 13.6. The molecule has 1 heterocycles. The monoisotopic (exact) mass is 467 g/mol. The smallest absolute Gasteiger partial charge is 0.272 e. The lowest BCUT2D eigenvalue weighted by Crippen LogP contribution is -2.43. The summed E-state index contributed by atoms with van der Waals surface area (Å²) < 4.78 is 26.3. The minimum absolute atomic E-state index is 0.123. The van der Waals surface area contributed by atoms with Crippen molar-refractivity contribution in [2.24, 2.45) is 5.92 Å². The molecule has 1 unspecified atom stereocenters. The van der Waals surface area contributed by atoms with Crippen molar-refractivity contribution in [1.29, 1.82) is 0 Å². The number of rotatable bonds is 8. The van der Waals surface area contributed by atoms with Gasteiger partial charge in [0.05, 0.1) is 43.8 Å². The van der Waals surface area contributed by atoms with E-state index in [0.29, 0.717) is 28.4 Å². The number of aliphatic hydroxyl groups is 1. The minimum Gasteiger partial charge on any atom is -0.496 e. The lowest BCUT2D eigenvalue weighted by atomic mass is 9.84. The highest BCUT2D eigenvalue weighted by Crippen LogP contribution is 2.39. The Balaban J connectivity index is 1.76. The molecule has 180 valence electrons.